The number of nitrogens with one attached hydrogen (secondary N) is 1. The van der Waals surface area contributed by atoms with Crippen molar-refractivity contribution in [2.45, 2.75) is 25.8 Å². The Morgan fingerprint density at radius 1 is 1.09 bits per heavy atom. The Hall–Kier alpha value is -1.71. The van der Waals surface area contributed by atoms with Crippen molar-refractivity contribution in [3.63, 3.8) is 0 Å². The first kappa shape index (κ1) is 15.2. The Kier molecular flexibility index (Phi) is 4.27. The standard InChI is InChI=1S/C18H20ClNO2/c1-18(2,14-7-8-16-17(11-14)22-12-21-16)20-10-9-13-5-3-4-6-15(13)19/h3-8,11,20H,9-10,12H2,1-2H3. The average molecular weight is 318 g/mol. The van der Waals surface area contributed by atoms with Gasteiger partial charge in [0.1, 0.15) is 0 Å². The SMILES string of the molecule is CC(C)(NCCc1ccccc1Cl)c1ccc2c(c1)OCO2. The molecule has 0 aliphatic carbocycles. The zero-order chi connectivity index (χ0) is 15.6. The van der Waals surface area contributed by atoms with Crippen LogP contribution in [-0.2, 0) is 12.0 Å². The van der Waals surface area contributed by atoms with Crippen LogP contribution in [0.3, 0.4) is 0 Å². The summed E-state index contributed by atoms with van der Waals surface area (Å²) in [6, 6.07) is 14.1. The molecule has 1 heterocycles. The number of benzene rings is 2. The van der Waals surface area contributed by atoms with Crippen LogP contribution in [0.2, 0.25) is 5.02 Å². The maximum absolute atomic E-state index is 6.20. The Morgan fingerprint density at radius 2 is 1.86 bits per heavy atom. The van der Waals surface area contributed by atoms with Gasteiger partial charge in [-0.15, -0.1) is 0 Å². The number of hydrogen-bond acceptors (Lipinski definition) is 3. The second-order valence-corrected chi connectivity index (χ2v) is 6.37. The van der Waals surface area contributed by atoms with Crippen molar-refractivity contribution in [1.82, 2.24) is 5.32 Å². The highest BCUT2D eigenvalue weighted by Gasteiger charge is 2.23. The number of ether oxygens (including phenoxy) is 2. The topological polar surface area (TPSA) is 30.5 Å². The van der Waals surface area contributed by atoms with E-state index in [0.29, 0.717) is 6.79 Å². The zero-order valence-electron chi connectivity index (χ0n) is 12.9. The van der Waals surface area contributed by atoms with Crippen molar-refractivity contribution in [3.8, 4) is 11.5 Å². The summed E-state index contributed by atoms with van der Waals surface area (Å²) in [5.41, 5.74) is 2.19. The van der Waals surface area contributed by atoms with Crippen LogP contribution in [0.5, 0.6) is 11.5 Å². The van der Waals surface area contributed by atoms with Crippen LogP contribution in [0.15, 0.2) is 42.5 Å². The molecule has 0 saturated carbocycles. The molecule has 0 bridgehead atoms. The van der Waals surface area contributed by atoms with E-state index in [-0.39, 0.29) is 5.54 Å². The maximum atomic E-state index is 6.20. The van der Waals surface area contributed by atoms with E-state index in [0.717, 1.165) is 35.1 Å². The molecule has 0 saturated heterocycles. The molecule has 3 nitrogen and oxygen atoms in total. The van der Waals surface area contributed by atoms with E-state index in [1.165, 1.54) is 5.56 Å². The van der Waals surface area contributed by atoms with Gasteiger partial charge in [0.25, 0.3) is 0 Å². The van der Waals surface area contributed by atoms with Crippen molar-refractivity contribution in [2.24, 2.45) is 0 Å². The summed E-state index contributed by atoms with van der Waals surface area (Å²) >= 11 is 6.20. The molecule has 0 atom stereocenters. The molecule has 0 amide bonds. The molecule has 4 heteroatoms. The van der Waals surface area contributed by atoms with Crippen LogP contribution in [0.4, 0.5) is 0 Å². The van der Waals surface area contributed by atoms with Gasteiger partial charge in [0.2, 0.25) is 6.79 Å². The van der Waals surface area contributed by atoms with Crippen LogP contribution in [0.25, 0.3) is 0 Å². The number of rotatable bonds is 5. The third-order valence-electron chi connectivity index (χ3n) is 4.01. The molecule has 0 spiro atoms. The van der Waals surface area contributed by atoms with Gasteiger partial charge in [-0.25, -0.2) is 0 Å². The van der Waals surface area contributed by atoms with E-state index < -0.39 is 0 Å². The fourth-order valence-electron chi connectivity index (χ4n) is 2.60. The molecular weight excluding hydrogens is 298 g/mol. The van der Waals surface area contributed by atoms with Gasteiger partial charge in [0.05, 0.1) is 0 Å². The largest absolute Gasteiger partial charge is 0.454 e. The van der Waals surface area contributed by atoms with E-state index in [9.17, 15) is 0 Å². The smallest absolute Gasteiger partial charge is 0.231 e. The molecule has 116 valence electrons. The summed E-state index contributed by atoms with van der Waals surface area (Å²) < 4.78 is 10.8. The lowest BCUT2D eigenvalue weighted by atomic mass is 9.93. The lowest BCUT2D eigenvalue weighted by Gasteiger charge is -2.27. The second kappa shape index (κ2) is 6.19. The highest BCUT2D eigenvalue weighted by Crippen LogP contribution is 2.35. The minimum absolute atomic E-state index is 0.151. The van der Waals surface area contributed by atoms with Gasteiger partial charge in [0.15, 0.2) is 11.5 Å². The summed E-state index contributed by atoms with van der Waals surface area (Å²) in [6.45, 7) is 5.48. The first-order valence-electron chi connectivity index (χ1n) is 7.45. The number of fused-ring (bicyclic) bond motifs is 1. The fourth-order valence-corrected chi connectivity index (χ4v) is 2.83. The van der Waals surface area contributed by atoms with Gasteiger partial charge in [-0.2, -0.15) is 0 Å². The molecule has 1 aliphatic heterocycles. The molecule has 0 aromatic heterocycles. The molecule has 1 N–H and O–H groups in total. The Morgan fingerprint density at radius 3 is 2.68 bits per heavy atom. The molecule has 0 unspecified atom stereocenters. The highest BCUT2D eigenvalue weighted by molar-refractivity contribution is 6.31. The Balaban J connectivity index is 1.65. The highest BCUT2D eigenvalue weighted by atomic mass is 35.5. The predicted octanol–water partition coefficient (Wildman–Crippen LogP) is 4.14. The Bertz CT molecular complexity index is 670. The van der Waals surface area contributed by atoms with Crippen LogP contribution in [0.1, 0.15) is 25.0 Å². The van der Waals surface area contributed by atoms with Gasteiger partial charge >= 0.3 is 0 Å². The van der Waals surface area contributed by atoms with E-state index in [2.05, 4.69) is 31.3 Å². The second-order valence-electron chi connectivity index (χ2n) is 5.96. The van der Waals surface area contributed by atoms with Gasteiger partial charge in [-0.05, 0) is 49.6 Å². The van der Waals surface area contributed by atoms with Crippen molar-refractivity contribution in [1.29, 1.82) is 0 Å². The molecule has 2 aromatic carbocycles. The third-order valence-corrected chi connectivity index (χ3v) is 4.38. The minimum atomic E-state index is -0.151. The molecule has 22 heavy (non-hydrogen) atoms. The average Bonchev–Trinajstić information content (AvgIpc) is 2.96. The van der Waals surface area contributed by atoms with Gasteiger partial charge in [-0.1, -0.05) is 35.9 Å². The summed E-state index contributed by atoms with van der Waals surface area (Å²) in [5.74, 6) is 1.63. The summed E-state index contributed by atoms with van der Waals surface area (Å²) in [7, 11) is 0. The lowest BCUT2D eigenvalue weighted by molar-refractivity contribution is 0.174. The number of halogens is 1. The molecule has 0 radical (unpaired) electrons. The van der Waals surface area contributed by atoms with Crippen LogP contribution >= 0.6 is 11.6 Å². The van der Waals surface area contributed by atoms with Gasteiger partial charge in [0, 0.05) is 17.1 Å². The van der Waals surface area contributed by atoms with Gasteiger partial charge in [-0.3, -0.25) is 0 Å². The fraction of sp³-hybridized carbons (Fsp3) is 0.333. The van der Waals surface area contributed by atoms with E-state index in [4.69, 9.17) is 21.1 Å². The van der Waals surface area contributed by atoms with Crippen LogP contribution in [0, 0.1) is 0 Å². The summed E-state index contributed by atoms with van der Waals surface area (Å²) in [6.07, 6.45) is 0.896. The van der Waals surface area contributed by atoms with E-state index >= 15 is 0 Å². The quantitative estimate of drug-likeness (QED) is 0.899. The van der Waals surface area contributed by atoms with E-state index in [1.54, 1.807) is 0 Å². The van der Waals surface area contributed by atoms with Crippen molar-refractivity contribution in [2.75, 3.05) is 13.3 Å². The predicted molar refractivity (Wildman–Crippen MR) is 88.7 cm³/mol. The number of hydrogen-bond donors (Lipinski definition) is 1. The third kappa shape index (κ3) is 3.21. The molecular formula is C18H20ClNO2. The first-order chi connectivity index (χ1) is 10.6. The summed E-state index contributed by atoms with van der Waals surface area (Å²) in [4.78, 5) is 0. The lowest BCUT2D eigenvalue weighted by Crippen LogP contribution is -2.37. The van der Waals surface area contributed by atoms with Crippen molar-refractivity contribution >= 4 is 11.6 Å². The monoisotopic (exact) mass is 317 g/mol. The maximum Gasteiger partial charge on any atom is 0.231 e. The van der Waals surface area contributed by atoms with E-state index in [1.807, 2.05) is 30.3 Å². The Labute approximate surface area is 136 Å². The molecule has 2 aromatic rings. The zero-order valence-corrected chi connectivity index (χ0v) is 13.6. The minimum Gasteiger partial charge on any atom is -0.454 e. The molecule has 1 aliphatic rings. The van der Waals surface area contributed by atoms with Crippen molar-refractivity contribution < 1.29 is 9.47 Å². The van der Waals surface area contributed by atoms with Crippen molar-refractivity contribution in [3.05, 3.63) is 58.6 Å². The van der Waals surface area contributed by atoms with Gasteiger partial charge < -0.3 is 14.8 Å². The van der Waals surface area contributed by atoms with Crippen LogP contribution in [-0.4, -0.2) is 13.3 Å². The summed E-state index contributed by atoms with van der Waals surface area (Å²) in [5, 5.41) is 4.41. The normalized spacial score (nSPS) is 13.4. The first-order valence-corrected chi connectivity index (χ1v) is 7.83. The molecule has 3 rings (SSSR count). The molecule has 0 fully saturated rings. The van der Waals surface area contributed by atoms with Crippen LogP contribution < -0.4 is 14.8 Å².